The van der Waals surface area contributed by atoms with Crippen LogP contribution in [0.25, 0.3) is 10.8 Å². The van der Waals surface area contributed by atoms with Gasteiger partial charge in [0, 0.05) is 0 Å². The maximum absolute atomic E-state index is 13.5. The SMILES string of the molecule is CCC(C)(OC(=O)c1cccc2c(C(=O)OC(C)(CS(=O)(=O)O)C(F)(F)F)cccc12)C(F)(F)F. The fourth-order valence-corrected chi connectivity index (χ4v) is 3.95. The van der Waals surface area contributed by atoms with E-state index in [1.54, 1.807) is 0 Å². The van der Waals surface area contributed by atoms with Gasteiger partial charge in [-0.05, 0) is 43.2 Å². The van der Waals surface area contributed by atoms with Gasteiger partial charge in [-0.25, -0.2) is 9.59 Å². The summed E-state index contributed by atoms with van der Waals surface area (Å²) in [4.78, 5) is 25.2. The lowest BCUT2D eigenvalue weighted by atomic mass is 9.99. The number of fused-ring (bicyclic) bond motifs is 1. The fourth-order valence-electron chi connectivity index (χ4n) is 3.03. The normalized spacial score (nSPS) is 16.3. The van der Waals surface area contributed by atoms with Crippen LogP contribution in [-0.2, 0) is 19.6 Å². The van der Waals surface area contributed by atoms with Crippen molar-refractivity contribution in [2.45, 2.75) is 50.7 Å². The van der Waals surface area contributed by atoms with Crippen LogP contribution in [0.2, 0.25) is 0 Å². The van der Waals surface area contributed by atoms with Gasteiger partial charge in [-0.15, -0.1) is 0 Å². The van der Waals surface area contributed by atoms with E-state index in [1.165, 1.54) is 12.1 Å². The lowest BCUT2D eigenvalue weighted by Crippen LogP contribution is -2.51. The highest BCUT2D eigenvalue weighted by molar-refractivity contribution is 7.85. The van der Waals surface area contributed by atoms with Gasteiger partial charge in [0.15, 0.2) is 0 Å². The number of carbonyl (C=O) groups excluding carboxylic acids is 2. The molecule has 0 bridgehead atoms. The molecule has 1 N–H and O–H groups in total. The Labute approximate surface area is 195 Å². The zero-order chi connectivity index (χ0) is 27.0. The highest BCUT2D eigenvalue weighted by atomic mass is 32.2. The van der Waals surface area contributed by atoms with Crippen LogP contribution < -0.4 is 0 Å². The topological polar surface area (TPSA) is 107 Å². The van der Waals surface area contributed by atoms with E-state index < -0.39 is 68.9 Å². The molecule has 0 saturated heterocycles. The molecule has 0 spiro atoms. The summed E-state index contributed by atoms with van der Waals surface area (Å²) in [7, 11) is -5.24. The van der Waals surface area contributed by atoms with Crippen LogP contribution >= 0.6 is 0 Å². The zero-order valence-corrected chi connectivity index (χ0v) is 19.3. The maximum Gasteiger partial charge on any atom is 0.429 e. The van der Waals surface area contributed by atoms with Gasteiger partial charge in [0.25, 0.3) is 10.1 Å². The summed E-state index contributed by atoms with van der Waals surface area (Å²) in [5.74, 6) is -5.03. The van der Waals surface area contributed by atoms with Crippen molar-refractivity contribution >= 4 is 32.8 Å². The number of carbonyl (C=O) groups is 2. The first-order chi connectivity index (χ1) is 15.7. The van der Waals surface area contributed by atoms with Gasteiger partial charge in [-0.3, -0.25) is 4.55 Å². The van der Waals surface area contributed by atoms with E-state index in [0.717, 1.165) is 31.2 Å². The summed E-state index contributed by atoms with van der Waals surface area (Å²) < 4.78 is 121. The van der Waals surface area contributed by atoms with Crippen LogP contribution in [-0.4, -0.2) is 54.2 Å². The first-order valence-electron chi connectivity index (χ1n) is 9.82. The minimum Gasteiger partial charge on any atom is -0.446 e. The Morgan fingerprint density at radius 3 is 1.49 bits per heavy atom. The van der Waals surface area contributed by atoms with Crippen LogP contribution in [0.5, 0.6) is 0 Å². The summed E-state index contributed by atoms with van der Waals surface area (Å²) >= 11 is 0. The van der Waals surface area contributed by atoms with Gasteiger partial charge in [-0.1, -0.05) is 31.2 Å². The van der Waals surface area contributed by atoms with Crippen molar-refractivity contribution < 1.29 is 58.4 Å². The summed E-state index contributed by atoms with van der Waals surface area (Å²) in [5, 5.41) is -0.301. The first-order valence-corrected chi connectivity index (χ1v) is 11.4. The molecule has 0 aliphatic rings. The minimum absolute atomic E-state index is 0.129. The Hall–Kier alpha value is -2.87. The minimum atomic E-state index is -5.40. The van der Waals surface area contributed by atoms with E-state index in [1.807, 2.05) is 0 Å². The van der Waals surface area contributed by atoms with Crippen molar-refractivity contribution in [2.75, 3.05) is 5.75 Å². The molecule has 0 saturated carbocycles. The maximum atomic E-state index is 13.5. The summed E-state index contributed by atoms with van der Waals surface area (Å²) in [6.45, 7) is 2.07. The Morgan fingerprint density at radius 2 is 1.17 bits per heavy atom. The van der Waals surface area contributed by atoms with Crippen LogP contribution in [0.3, 0.4) is 0 Å². The van der Waals surface area contributed by atoms with E-state index >= 15 is 0 Å². The number of esters is 2. The quantitative estimate of drug-likeness (QED) is 0.302. The molecule has 0 heterocycles. The first kappa shape index (κ1) is 28.4. The number of hydrogen-bond acceptors (Lipinski definition) is 6. The smallest absolute Gasteiger partial charge is 0.429 e. The Balaban J connectivity index is 2.53. The Kier molecular flexibility index (Phi) is 7.54. The number of rotatable bonds is 7. The van der Waals surface area contributed by atoms with Gasteiger partial charge in [0.2, 0.25) is 11.2 Å². The van der Waals surface area contributed by atoms with Crippen LogP contribution in [0.1, 0.15) is 47.9 Å². The van der Waals surface area contributed by atoms with E-state index in [-0.39, 0.29) is 17.7 Å². The van der Waals surface area contributed by atoms with Crippen molar-refractivity contribution in [3.8, 4) is 0 Å². The van der Waals surface area contributed by atoms with Gasteiger partial charge < -0.3 is 9.47 Å². The third-order valence-corrected chi connectivity index (χ3v) is 6.25. The van der Waals surface area contributed by atoms with Crippen molar-refractivity contribution in [3.05, 3.63) is 47.5 Å². The molecule has 2 rings (SSSR count). The number of alkyl halides is 6. The molecule has 7 nitrogen and oxygen atoms in total. The average molecular weight is 530 g/mol. The molecule has 0 fully saturated rings. The van der Waals surface area contributed by atoms with Crippen LogP contribution in [0.15, 0.2) is 36.4 Å². The van der Waals surface area contributed by atoms with E-state index in [0.29, 0.717) is 6.92 Å². The molecule has 0 aromatic heterocycles. The highest BCUT2D eigenvalue weighted by Crippen LogP contribution is 2.38. The lowest BCUT2D eigenvalue weighted by molar-refractivity contribution is -0.252. The van der Waals surface area contributed by atoms with Gasteiger partial charge in [-0.2, -0.15) is 34.8 Å². The molecule has 0 amide bonds. The molecule has 0 aliphatic carbocycles. The van der Waals surface area contributed by atoms with Crippen molar-refractivity contribution in [3.63, 3.8) is 0 Å². The molecular weight excluding hydrogens is 510 g/mol. The van der Waals surface area contributed by atoms with Crippen molar-refractivity contribution in [1.29, 1.82) is 0 Å². The molecule has 35 heavy (non-hydrogen) atoms. The molecule has 194 valence electrons. The number of benzene rings is 2. The number of hydrogen-bond donors (Lipinski definition) is 1. The third-order valence-electron chi connectivity index (χ3n) is 5.33. The van der Waals surface area contributed by atoms with E-state index in [9.17, 15) is 44.3 Å². The van der Waals surface area contributed by atoms with Gasteiger partial charge in [0.05, 0.1) is 11.1 Å². The van der Waals surface area contributed by atoms with Crippen molar-refractivity contribution in [1.82, 2.24) is 0 Å². The predicted octanol–water partition coefficient (Wildman–Crippen LogP) is 5.09. The van der Waals surface area contributed by atoms with Gasteiger partial charge >= 0.3 is 24.3 Å². The average Bonchev–Trinajstić information content (AvgIpc) is 2.69. The molecule has 2 aromatic rings. The van der Waals surface area contributed by atoms with E-state index in [2.05, 4.69) is 4.74 Å². The van der Waals surface area contributed by atoms with Crippen LogP contribution in [0, 0.1) is 0 Å². The molecule has 0 radical (unpaired) electrons. The molecule has 2 unspecified atom stereocenters. The number of ether oxygens (including phenoxy) is 2. The summed E-state index contributed by atoms with van der Waals surface area (Å²) in [5.41, 5.74) is -7.41. The lowest BCUT2D eigenvalue weighted by Gasteiger charge is -2.31. The molecule has 2 aromatic carbocycles. The van der Waals surface area contributed by atoms with Crippen molar-refractivity contribution in [2.24, 2.45) is 0 Å². The molecule has 14 heteroatoms. The third kappa shape index (κ3) is 6.04. The second-order valence-corrected chi connectivity index (χ2v) is 9.47. The predicted molar refractivity (Wildman–Crippen MR) is 110 cm³/mol. The monoisotopic (exact) mass is 530 g/mol. The Bertz CT molecular complexity index is 1240. The molecular formula is C21H20F6O7S. The zero-order valence-electron chi connectivity index (χ0n) is 18.5. The van der Waals surface area contributed by atoms with Crippen LogP contribution in [0.4, 0.5) is 26.3 Å². The Morgan fingerprint density at radius 1 is 0.800 bits per heavy atom. The number of halogens is 6. The summed E-state index contributed by atoms with van der Waals surface area (Å²) in [6, 6.07) is 6.82. The second-order valence-electron chi connectivity index (χ2n) is 8.02. The second kappa shape index (κ2) is 9.30. The molecule has 0 aliphatic heterocycles. The highest BCUT2D eigenvalue weighted by Gasteiger charge is 2.57. The van der Waals surface area contributed by atoms with E-state index in [4.69, 9.17) is 9.29 Å². The summed E-state index contributed by atoms with van der Waals surface area (Å²) in [6.07, 6.45) is -10.9. The largest absolute Gasteiger partial charge is 0.446 e. The standard InChI is InChI=1S/C21H20F6O7S/c1-4-18(2,20(22,23)24)33-16(28)14-9-5-8-13-12(14)7-6-10-15(13)17(29)34-19(3,21(25,26)27)11-35(30,31)32/h5-10H,4,11H2,1-3H3,(H,30,31,32). The fraction of sp³-hybridized carbons (Fsp3) is 0.429. The molecule has 2 atom stereocenters. The van der Waals surface area contributed by atoms with Gasteiger partial charge in [0.1, 0.15) is 5.75 Å².